The Morgan fingerprint density at radius 3 is 2.75 bits per heavy atom. The molecule has 6 nitrogen and oxygen atoms in total. The third kappa shape index (κ3) is 3.22. The number of carbonyl (C=O) groups excluding carboxylic acids is 2. The number of hydrogen-bond donors (Lipinski definition) is 0. The Morgan fingerprint density at radius 2 is 2.11 bits per heavy atom. The van der Waals surface area contributed by atoms with E-state index in [1.165, 1.54) is 11.3 Å². The van der Waals surface area contributed by atoms with Crippen molar-refractivity contribution in [1.82, 2.24) is 19.7 Å². The van der Waals surface area contributed by atoms with Crippen LogP contribution in [0.15, 0.2) is 36.0 Å². The van der Waals surface area contributed by atoms with E-state index in [0.29, 0.717) is 19.6 Å². The second-order valence-corrected chi connectivity index (χ2v) is 9.12. The fourth-order valence-electron chi connectivity index (χ4n) is 4.68. The summed E-state index contributed by atoms with van der Waals surface area (Å²) >= 11 is 1.48. The Balaban J connectivity index is 1.56. The predicted molar refractivity (Wildman–Crippen MR) is 109 cm³/mol. The lowest BCUT2D eigenvalue weighted by molar-refractivity contribution is -0.139. The molecule has 2 saturated heterocycles. The standard InChI is InChI=1S/C21H26N4O2S/c1-15-6-8-28-18(15)19(26)25-12-17-11-24(10-16-5-4-7-22-9-16)13-21(17,14-25)20(27)23(2)3/h4-9,17H,10-14H2,1-3H3/t17-,21-/m0/s1. The van der Waals surface area contributed by atoms with Gasteiger partial charge in [-0.2, -0.15) is 0 Å². The van der Waals surface area contributed by atoms with Crippen LogP contribution in [0.25, 0.3) is 0 Å². The molecule has 2 aromatic heterocycles. The van der Waals surface area contributed by atoms with Crippen molar-refractivity contribution in [3.8, 4) is 0 Å². The molecule has 0 bridgehead atoms. The number of pyridine rings is 1. The largest absolute Gasteiger partial charge is 0.348 e. The number of nitrogens with zero attached hydrogens (tertiary/aromatic N) is 4. The number of likely N-dealkylation sites (tertiary alicyclic amines) is 2. The van der Waals surface area contributed by atoms with Crippen LogP contribution in [0.2, 0.25) is 0 Å². The van der Waals surface area contributed by atoms with Gasteiger partial charge in [-0.15, -0.1) is 11.3 Å². The molecule has 0 unspecified atom stereocenters. The third-order valence-electron chi connectivity index (χ3n) is 5.98. The van der Waals surface area contributed by atoms with Gasteiger partial charge in [0.05, 0.1) is 10.3 Å². The summed E-state index contributed by atoms with van der Waals surface area (Å²) in [4.78, 5) is 37.2. The van der Waals surface area contributed by atoms with E-state index in [0.717, 1.165) is 29.1 Å². The van der Waals surface area contributed by atoms with Crippen molar-refractivity contribution >= 4 is 23.2 Å². The lowest BCUT2D eigenvalue weighted by Crippen LogP contribution is -2.47. The van der Waals surface area contributed by atoms with Crippen molar-refractivity contribution in [2.24, 2.45) is 11.3 Å². The van der Waals surface area contributed by atoms with Crippen LogP contribution < -0.4 is 0 Å². The third-order valence-corrected chi connectivity index (χ3v) is 6.99. The highest BCUT2D eigenvalue weighted by atomic mass is 32.1. The van der Waals surface area contributed by atoms with Crippen molar-refractivity contribution in [1.29, 1.82) is 0 Å². The van der Waals surface area contributed by atoms with Gasteiger partial charge in [0.2, 0.25) is 5.91 Å². The van der Waals surface area contributed by atoms with Crippen LogP contribution in [0, 0.1) is 18.3 Å². The molecule has 2 fully saturated rings. The van der Waals surface area contributed by atoms with E-state index in [9.17, 15) is 9.59 Å². The Kier molecular flexibility index (Phi) is 4.97. The Bertz CT molecular complexity index is 882. The molecule has 148 valence electrons. The van der Waals surface area contributed by atoms with E-state index in [1.54, 1.807) is 11.1 Å². The van der Waals surface area contributed by atoms with Gasteiger partial charge < -0.3 is 9.80 Å². The summed E-state index contributed by atoms with van der Waals surface area (Å²) in [6.07, 6.45) is 3.65. The van der Waals surface area contributed by atoms with Crippen LogP contribution in [-0.2, 0) is 11.3 Å². The Hall–Kier alpha value is -2.25. The minimum Gasteiger partial charge on any atom is -0.348 e. The van der Waals surface area contributed by atoms with Crippen molar-refractivity contribution in [2.45, 2.75) is 13.5 Å². The monoisotopic (exact) mass is 398 g/mol. The summed E-state index contributed by atoms with van der Waals surface area (Å²) in [5, 5.41) is 1.95. The van der Waals surface area contributed by atoms with Crippen LogP contribution in [0.4, 0.5) is 0 Å². The van der Waals surface area contributed by atoms with Crippen LogP contribution in [0.3, 0.4) is 0 Å². The molecule has 2 aliphatic heterocycles. The second-order valence-electron chi connectivity index (χ2n) is 8.20. The maximum atomic E-state index is 13.2. The smallest absolute Gasteiger partial charge is 0.264 e. The number of amides is 2. The summed E-state index contributed by atoms with van der Waals surface area (Å²) in [5.41, 5.74) is 1.64. The summed E-state index contributed by atoms with van der Waals surface area (Å²) in [6, 6.07) is 5.98. The number of hydrogen-bond acceptors (Lipinski definition) is 5. The maximum Gasteiger partial charge on any atom is 0.264 e. The zero-order valence-corrected chi connectivity index (χ0v) is 17.4. The number of carbonyl (C=O) groups is 2. The molecule has 0 radical (unpaired) electrons. The Morgan fingerprint density at radius 1 is 1.29 bits per heavy atom. The van der Waals surface area contributed by atoms with Crippen molar-refractivity contribution in [2.75, 3.05) is 40.3 Å². The lowest BCUT2D eigenvalue weighted by Gasteiger charge is -2.31. The van der Waals surface area contributed by atoms with Crippen molar-refractivity contribution < 1.29 is 9.59 Å². The fraction of sp³-hybridized carbons (Fsp3) is 0.476. The van der Waals surface area contributed by atoms with E-state index in [1.807, 2.05) is 49.6 Å². The van der Waals surface area contributed by atoms with E-state index in [2.05, 4.69) is 16.0 Å². The number of thiophene rings is 1. The average molecular weight is 399 g/mol. The van der Waals surface area contributed by atoms with Crippen molar-refractivity contribution in [3.63, 3.8) is 0 Å². The molecular formula is C21H26N4O2S. The minimum atomic E-state index is -0.521. The number of fused-ring (bicyclic) bond motifs is 1. The molecular weight excluding hydrogens is 372 g/mol. The zero-order chi connectivity index (χ0) is 19.9. The SMILES string of the molecule is Cc1ccsc1C(=O)N1C[C@@H]2CN(Cc3cccnc3)C[C@]2(C(=O)N(C)C)C1. The molecule has 4 rings (SSSR count). The van der Waals surface area contributed by atoms with Gasteiger partial charge in [-0.25, -0.2) is 0 Å². The van der Waals surface area contributed by atoms with E-state index in [-0.39, 0.29) is 17.7 Å². The predicted octanol–water partition coefficient (Wildman–Crippen LogP) is 2.11. The molecule has 2 aromatic rings. The van der Waals surface area contributed by atoms with E-state index >= 15 is 0 Å². The minimum absolute atomic E-state index is 0.0617. The fourth-order valence-corrected chi connectivity index (χ4v) is 5.57. The number of aromatic nitrogens is 1. The van der Waals surface area contributed by atoms with Gasteiger partial charge in [-0.1, -0.05) is 6.07 Å². The molecule has 28 heavy (non-hydrogen) atoms. The van der Waals surface area contributed by atoms with Gasteiger partial charge in [0, 0.05) is 65.1 Å². The molecule has 0 N–H and O–H groups in total. The van der Waals surface area contributed by atoms with Gasteiger partial charge in [0.25, 0.3) is 5.91 Å². The van der Waals surface area contributed by atoms with Crippen LogP contribution in [0.1, 0.15) is 20.8 Å². The summed E-state index contributed by atoms with van der Waals surface area (Å²) in [6.45, 7) is 5.38. The highest BCUT2D eigenvalue weighted by molar-refractivity contribution is 7.12. The van der Waals surface area contributed by atoms with Crippen LogP contribution in [-0.4, -0.2) is 71.8 Å². The average Bonchev–Trinajstić information content (AvgIpc) is 3.34. The lowest BCUT2D eigenvalue weighted by atomic mass is 9.80. The summed E-state index contributed by atoms with van der Waals surface area (Å²) in [5.74, 6) is 0.347. The first-order valence-corrected chi connectivity index (χ1v) is 10.4. The molecule has 7 heteroatoms. The first kappa shape index (κ1) is 19.1. The topological polar surface area (TPSA) is 56.8 Å². The van der Waals surface area contributed by atoms with Crippen molar-refractivity contribution in [3.05, 3.63) is 52.0 Å². The molecule has 2 atom stereocenters. The second kappa shape index (κ2) is 7.29. The highest BCUT2D eigenvalue weighted by Crippen LogP contribution is 2.44. The molecule has 0 spiro atoms. The first-order chi connectivity index (χ1) is 13.4. The molecule has 2 aliphatic rings. The van der Waals surface area contributed by atoms with E-state index in [4.69, 9.17) is 0 Å². The van der Waals surface area contributed by atoms with Crippen LogP contribution >= 0.6 is 11.3 Å². The quantitative estimate of drug-likeness (QED) is 0.792. The molecule has 0 saturated carbocycles. The van der Waals surface area contributed by atoms with Gasteiger partial charge in [0.15, 0.2) is 0 Å². The first-order valence-electron chi connectivity index (χ1n) is 9.57. The van der Waals surface area contributed by atoms with E-state index < -0.39 is 5.41 Å². The van der Waals surface area contributed by atoms with Gasteiger partial charge >= 0.3 is 0 Å². The number of rotatable bonds is 4. The molecule has 0 aromatic carbocycles. The Labute approximate surface area is 169 Å². The molecule has 4 heterocycles. The normalized spacial score (nSPS) is 24.4. The van der Waals surface area contributed by atoms with Gasteiger partial charge in [-0.05, 0) is 35.6 Å². The molecule has 2 amide bonds. The summed E-state index contributed by atoms with van der Waals surface area (Å²) < 4.78 is 0. The molecule has 0 aliphatic carbocycles. The van der Waals surface area contributed by atoms with Gasteiger partial charge in [0.1, 0.15) is 0 Å². The highest BCUT2D eigenvalue weighted by Gasteiger charge is 2.58. The van der Waals surface area contributed by atoms with Gasteiger partial charge in [-0.3, -0.25) is 19.5 Å². The maximum absolute atomic E-state index is 13.2. The van der Waals surface area contributed by atoms with Crippen LogP contribution in [0.5, 0.6) is 0 Å². The summed E-state index contributed by atoms with van der Waals surface area (Å²) in [7, 11) is 3.62. The number of aryl methyl sites for hydroxylation is 1. The zero-order valence-electron chi connectivity index (χ0n) is 16.6.